The Morgan fingerprint density at radius 2 is 1.30 bits per heavy atom. The molecule has 4 atom stereocenters. The molecule has 160 valence electrons. The van der Waals surface area contributed by atoms with Gasteiger partial charge in [-0.2, -0.15) is 0 Å². The van der Waals surface area contributed by atoms with Crippen LogP contribution in [0.5, 0.6) is 0 Å². The Morgan fingerprint density at radius 1 is 0.778 bits per heavy atom. The van der Waals surface area contributed by atoms with Crippen molar-refractivity contribution in [1.82, 2.24) is 0 Å². The molecule has 0 amide bonds. The minimum atomic E-state index is -1.11. The predicted molar refractivity (Wildman–Crippen MR) is 102 cm³/mol. The minimum absolute atomic E-state index is 0.0670. The maximum absolute atomic E-state index is 12.0. The van der Waals surface area contributed by atoms with Gasteiger partial charge in [-0.15, -0.1) is 0 Å². The summed E-state index contributed by atoms with van der Waals surface area (Å²) in [5.74, 6) is -1.82. The van der Waals surface area contributed by atoms with Crippen LogP contribution in [0.1, 0.15) is 90.9 Å². The van der Waals surface area contributed by atoms with E-state index in [2.05, 4.69) is 6.92 Å². The molecule has 27 heavy (non-hydrogen) atoms. The van der Waals surface area contributed by atoms with Gasteiger partial charge in [0.25, 0.3) is 0 Å². The van der Waals surface area contributed by atoms with E-state index in [4.69, 9.17) is 9.84 Å². The molecular weight excluding hydrogens is 352 g/mol. The van der Waals surface area contributed by atoms with Crippen LogP contribution in [0.25, 0.3) is 0 Å². The summed E-state index contributed by atoms with van der Waals surface area (Å²) in [6, 6.07) is 0. The van der Waals surface area contributed by atoms with E-state index >= 15 is 0 Å². The number of esters is 1. The van der Waals surface area contributed by atoms with E-state index in [9.17, 15) is 24.9 Å². The summed E-state index contributed by atoms with van der Waals surface area (Å²) in [5, 5.41) is 38.8. The maximum Gasteiger partial charge on any atom is 0.308 e. The summed E-state index contributed by atoms with van der Waals surface area (Å²) in [4.78, 5) is 23.0. The number of aliphatic hydroxyl groups excluding tert-OH is 3. The molecule has 0 aromatic heterocycles. The average Bonchev–Trinajstić information content (AvgIpc) is 2.54. The molecule has 0 aliphatic carbocycles. The Labute approximate surface area is 162 Å². The monoisotopic (exact) mass is 390 g/mol. The summed E-state index contributed by atoms with van der Waals surface area (Å²) in [5.41, 5.74) is 0. The van der Waals surface area contributed by atoms with E-state index in [1.807, 2.05) is 6.92 Å². The standard InChI is InChI=1S/C20H38O7/c1-3-5-7-9-15(21)11-17(23)13-20(26)27-18(14-19(24)25)12-16(22)10-8-6-4-2/h15-18,21-23H,3-14H2,1-2H3,(H,24,25)/t15-,16-,17+,18-/m0/s1. The van der Waals surface area contributed by atoms with Crippen LogP contribution in [0.3, 0.4) is 0 Å². The number of hydrogen-bond donors (Lipinski definition) is 4. The Kier molecular flexibility index (Phi) is 15.1. The van der Waals surface area contributed by atoms with Gasteiger partial charge < -0.3 is 25.2 Å². The minimum Gasteiger partial charge on any atom is -0.481 e. The highest BCUT2D eigenvalue weighted by Gasteiger charge is 2.23. The molecule has 0 fully saturated rings. The number of carboxylic acids is 1. The predicted octanol–water partition coefficient (Wildman–Crippen LogP) is 2.79. The van der Waals surface area contributed by atoms with E-state index in [0.29, 0.717) is 12.8 Å². The van der Waals surface area contributed by atoms with Crippen LogP contribution >= 0.6 is 0 Å². The number of ether oxygens (including phenoxy) is 1. The summed E-state index contributed by atoms with van der Waals surface area (Å²) in [6.45, 7) is 4.11. The van der Waals surface area contributed by atoms with Gasteiger partial charge in [-0.1, -0.05) is 52.4 Å². The van der Waals surface area contributed by atoms with Crippen molar-refractivity contribution in [2.45, 2.75) is 115 Å². The molecule has 0 spiro atoms. The molecule has 0 radical (unpaired) electrons. The van der Waals surface area contributed by atoms with Gasteiger partial charge in [0.15, 0.2) is 0 Å². The lowest BCUT2D eigenvalue weighted by atomic mass is 10.0. The first-order valence-electron chi connectivity index (χ1n) is 10.2. The van der Waals surface area contributed by atoms with Crippen molar-refractivity contribution in [3.8, 4) is 0 Å². The van der Waals surface area contributed by atoms with Crippen LogP contribution < -0.4 is 0 Å². The highest BCUT2D eigenvalue weighted by Crippen LogP contribution is 2.16. The molecule has 0 unspecified atom stereocenters. The molecule has 0 heterocycles. The number of carboxylic acid groups (broad SMARTS) is 1. The first-order chi connectivity index (χ1) is 12.8. The van der Waals surface area contributed by atoms with Crippen molar-refractivity contribution in [2.24, 2.45) is 0 Å². The van der Waals surface area contributed by atoms with Gasteiger partial charge in [0.2, 0.25) is 0 Å². The van der Waals surface area contributed by atoms with Crippen molar-refractivity contribution < 1.29 is 34.8 Å². The van der Waals surface area contributed by atoms with E-state index < -0.39 is 36.4 Å². The SMILES string of the molecule is CCCCC[C@H](O)C[C@@H](O)CC(=O)O[C@H](CC(=O)O)C[C@@H](O)CCCCC. The molecule has 0 aromatic carbocycles. The van der Waals surface area contributed by atoms with Crippen molar-refractivity contribution in [2.75, 3.05) is 0 Å². The number of carbonyl (C=O) groups is 2. The summed E-state index contributed by atoms with van der Waals surface area (Å²) >= 11 is 0. The Balaban J connectivity index is 4.34. The fourth-order valence-corrected chi connectivity index (χ4v) is 2.99. The van der Waals surface area contributed by atoms with E-state index in [1.165, 1.54) is 0 Å². The third-order valence-corrected chi connectivity index (χ3v) is 4.46. The van der Waals surface area contributed by atoms with E-state index in [1.54, 1.807) is 0 Å². The normalized spacial score (nSPS) is 15.7. The maximum atomic E-state index is 12.0. The van der Waals surface area contributed by atoms with Gasteiger partial charge in [-0.05, 0) is 19.3 Å². The number of rotatable bonds is 17. The second-order valence-electron chi connectivity index (χ2n) is 7.34. The molecule has 0 aliphatic rings. The summed E-state index contributed by atoms with van der Waals surface area (Å²) in [6.07, 6.45) is 2.97. The molecule has 0 aromatic rings. The Bertz CT molecular complexity index is 400. The zero-order valence-corrected chi connectivity index (χ0v) is 16.8. The van der Waals surface area contributed by atoms with Crippen molar-refractivity contribution in [3.63, 3.8) is 0 Å². The lowest BCUT2D eigenvalue weighted by molar-refractivity contribution is -0.156. The zero-order valence-electron chi connectivity index (χ0n) is 16.8. The molecule has 0 aliphatic heterocycles. The van der Waals surface area contributed by atoms with Gasteiger partial charge in [-0.3, -0.25) is 9.59 Å². The molecule has 0 bridgehead atoms. The van der Waals surface area contributed by atoms with Gasteiger partial charge in [0.1, 0.15) is 6.10 Å². The van der Waals surface area contributed by atoms with Crippen LogP contribution in [-0.2, 0) is 14.3 Å². The number of unbranched alkanes of at least 4 members (excludes halogenated alkanes) is 4. The number of hydrogen-bond acceptors (Lipinski definition) is 6. The molecule has 7 heteroatoms. The highest BCUT2D eigenvalue weighted by atomic mass is 16.5. The number of aliphatic carboxylic acids is 1. The van der Waals surface area contributed by atoms with Crippen molar-refractivity contribution in [3.05, 3.63) is 0 Å². The van der Waals surface area contributed by atoms with Crippen LogP contribution in [0.4, 0.5) is 0 Å². The Morgan fingerprint density at radius 3 is 1.78 bits per heavy atom. The fourth-order valence-electron chi connectivity index (χ4n) is 2.99. The lowest BCUT2D eigenvalue weighted by Crippen LogP contribution is -2.29. The second kappa shape index (κ2) is 15.8. The van der Waals surface area contributed by atoms with Crippen LogP contribution in [0.2, 0.25) is 0 Å². The first kappa shape index (κ1) is 25.8. The molecule has 7 nitrogen and oxygen atoms in total. The number of carbonyl (C=O) groups excluding carboxylic acids is 1. The van der Waals surface area contributed by atoms with Gasteiger partial charge in [-0.25, -0.2) is 0 Å². The Hall–Kier alpha value is -1.18. The van der Waals surface area contributed by atoms with E-state index in [-0.39, 0.29) is 25.7 Å². The molecule has 4 N–H and O–H groups in total. The van der Waals surface area contributed by atoms with Gasteiger partial charge >= 0.3 is 11.9 Å². The van der Waals surface area contributed by atoms with Crippen LogP contribution in [-0.4, -0.2) is 56.8 Å². The largest absolute Gasteiger partial charge is 0.481 e. The van der Waals surface area contributed by atoms with Crippen LogP contribution in [0.15, 0.2) is 0 Å². The van der Waals surface area contributed by atoms with Crippen molar-refractivity contribution >= 4 is 11.9 Å². The second-order valence-corrected chi connectivity index (χ2v) is 7.34. The van der Waals surface area contributed by atoms with Crippen LogP contribution in [0, 0.1) is 0 Å². The fraction of sp³-hybridized carbons (Fsp3) is 0.900. The highest BCUT2D eigenvalue weighted by molar-refractivity contribution is 5.71. The third-order valence-electron chi connectivity index (χ3n) is 4.46. The third kappa shape index (κ3) is 15.6. The molecule has 0 saturated heterocycles. The zero-order chi connectivity index (χ0) is 20.7. The van der Waals surface area contributed by atoms with Gasteiger partial charge in [0.05, 0.1) is 31.2 Å². The van der Waals surface area contributed by atoms with Crippen molar-refractivity contribution in [1.29, 1.82) is 0 Å². The summed E-state index contributed by atoms with van der Waals surface area (Å²) < 4.78 is 5.17. The lowest BCUT2D eigenvalue weighted by Gasteiger charge is -2.21. The quantitative estimate of drug-likeness (QED) is 0.222. The van der Waals surface area contributed by atoms with E-state index in [0.717, 1.165) is 38.5 Å². The smallest absolute Gasteiger partial charge is 0.308 e. The topological polar surface area (TPSA) is 124 Å². The van der Waals surface area contributed by atoms with Gasteiger partial charge in [0, 0.05) is 6.42 Å². The molecular formula is C20H38O7. The molecule has 0 rings (SSSR count). The average molecular weight is 391 g/mol. The first-order valence-corrected chi connectivity index (χ1v) is 10.2. The molecule has 0 saturated carbocycles. The summed E-state index contributed by atoms with van der Waals surface area (Å²) in [7, 11) is 0. The number of aliphatic hydroxyl groups is 3.